The molecule has 1 aliphatic heterocycles. The molecule has 0 aliphatic carbocycles. The van der Waals surface area contributed by atoms with E-state index in [0.717, 1.165) is 26.2 Å². The van der Waals surface area contributed by atoms with Gasteiger partial charge in [-0.05, 0) is 38.2 Å². The maximum absolute atomic E-state index is 3.96. The first kappa shape index (κ1) is 24.1. The molecule has 0 radical (unpaired) electrons. The number of halogens is 2. The molecule has 0 atom stereocenters. The van der Waals surface area contributed by atoms with Crippen molar-refractivity contribution in [3.8, 4) is 0 Å². The Morgan fingerprint density at radius 3 is 1.23 bits per heavy atom. The van der Waals surface area contributed by atoms with Gasteiger partial charge in [0, 0.05) is 0 Å². The smallest absolute Gasteiger partial charge is 0.129 e. The van der Waals surface area contributed by atoms with Crippen LogP contribution in [0.25, 0.3) is 0 Å². The van der Waals surface area contributed by atoms with Crippen molar-refractivity contribution in [1.82, 2.24) is 0 Å². The lowest BCUT2D eigenvalue weighted by atomic mass is 10.1. The molecule has 1 heterocycles. The zero-order valence-electron chi connectivity index (χ0n) is 14.2. The maximum Gasteiger partial charge on any atom is 0.129 e. The SMILES string of the molecule is C=CC[N+]1(C/C=C/C)CC[N+](CC=C)(C/C=C/C)CC1.[Br-].[Br-]. The van der Waals surface area contributed by atoms with E-state index in [1.807, 2.05) is 0 Å². The average molecular weight is 436 g/mol. The first-order valence-corrected chi connectivity index (χ1v) is 7.80. The third-order valence-corrected chi connectivity index (χ3v) is 4.59. The van der Waals surface area contributed by atoms with Gasteiger partial charge in [0.15, 0.2) is 0 Å². The second-order valence-corrected chi connectivity index (χ2v) is 6.02. The van der Waals surface area contributed by atoms with E-state index in [9.17, 15) is 0 Å². The number of allylic oxidation sites excluding steroid dienone is 2. The van der Waals surface area contributed by atoms with Gasteiger partial charge in [-0.2, -0.15) is 0 Å². The van der Waals surface area contributed by atoms with E-state index in [1.54, 1.807) is 0 Å². The summed E-state index contributed by atoms with van der Waals surface area (Å²) < 4.78 is 2.33. The summed E-state index contributed by atoms with van der Waals surface area (Å²) in [5.74, 6) is 0. The van der Waals surface area contributed by atoms with Crippen LogP contribution in [-0.4, -0.2) is 61.3 Å². The first-order valence-electron chi connectivity index (χ1n) is 7.80. The Labute approximate surface area is 158 Å². The minimum atomic E-state index is 0. The third kappa shape index (κ3) is 6.95. The van der Waals surface area contributed by atoms with Crippen LogP contribution in [0.5, 0.6) is 0 Å². The highest BCUT2D eigenvalue weighted by Crippen LogP contribution is 2.20. The Hall–Kier alpha value is -0.160. The molecule has 0 unspecified atom stereocenters. The highest BCUT2D eigenvalue weighted by Gasteiger charge is 2.39. The van der Waals surface area contributed by atoms with E-state index in [4.69, 9.17) is 0 Å². The lowest BCUT2D eigenvalue weighted by Crippen LogP contribution is -3.00. The Kier molecular flexibility index (Phi) is 13.5. The summed E-state index contributed by atoms with van der Waals surface area (Å²) in [5.41, 5.74) is 0. The molecule has 0 bridgehead atoms. The molecule has 128 valence electrons. The molecule has 1 aliphatic rings. The van der Waals surface area contributed by atoms with Crippen LogP contribution in [0.15, 0.2) is 49.6 Å². The van der Waals surface area contributed by atoms with Gasteiger partial charge in [0.25, 0.3) is 0 Å². The monoisotopic (exact) mass is 434 g/mol. The molecule has 4 heteroatoms. The van der Waals surface area contributed by atoms with Crippen LogP contribution in [0.2, 0.25) is 0 Å². The predicted molar refractivity (Wildman–Crippen MR) is 89.5 cm³/mol. The fraction of sp³-hybridized carbons (Fsp3) is 0.556. The van der Waals surface area contributed by atoms with E-state index in [-0.39, 0.29) is 34.0 Å². The lowest BCUT2D eigenvalue weighted by Gasteiger charge is -2.48. The predicted octanol–water partition coefficient (Wildman–Crippen LogP) is -2.83. The minimum absolute atomic E-state index is 0. The van der Waals surface area contributed by atoms with Crippen LogP contribution in [0.3, 0.4) is 0 Å². The second-order valence-electron chi connectivity index (χ2n) is 6.02. The lowest BCUT2D eigenvalue weighted by molar-refractivity contribution is -1.02. The van der Waals surface area contributed by atoms with Gasteiger partial charge in [0.1, 0.15) is 26.2 Å². The summed E-state index contributed by atoms with van der Waals surface area (Å²) >= 11 is 0. The molecule has 0 saturated carbocycles. The van der Waals surface area contributed by atoms with Crippen molar-refractivity contribution in [1.29, 1.82) is 0 Å². The molecule has 2 nitrogen and oxygen atoms in total. The van der Waals surface area contributed by atoms with E-state index < -0.39 is 0 Å². The van der Waals surface area contributed by atoms with Gasteiger partial charge < -0.3 is 42.9 Å². The van der Waals surface area contributed by atoms with Crippen molar-refractivity contribution < 1.29 is 42.9 Å². The zero-order chi connectivity index (χ0) is 14.9. The molecule has 0 N–H and O–H groups in total. The van der Waals surface area contributed by atoms with Gasteiger partial charge in [-0.15, -0.1) is 0 Å². The summed E-state index contributed by atoms with van der Waals surface area (Å²) in [4.78, 5) is 0. The van der Waals surface area contributed by atoms with Crippen LogP contribution in [0.4, 0.5) is 0 Å². The summed E-state index contributed by atoms with van der Waals surface area (Å²) in [7, 11) is 0. The molecule has 0 aromatic carbocycles. The van der Waals surface area contributed by atoms with Crippen LogP contribution < -0.4 is 34.0 Å². The van der Waals surface area contributed by atoms with Crippen molar-refractivity contribution in [2.75, 3.05) is 52.4 Å². The highest BCUT2D eigenvalue weighted by molar-refractivity contribution is 4.82. The van der Waals surface area contributed by atoms with Crippen LogP contribution >= 0.6 is 0 Å². The molecule has 1 fully saturated rings. The number of hydrogen-bond donors (Lipinski definition) is 0. The first-order chi connectivity index (χ1) is 9.66. The topological polar surface area (TPSA) is 0 Å². The van der Waals surface area contributed by atoms with Gasteiger partial charge >= 0.3 is 0 Å². The molecular formula is C18H32Br2N2. The Morgan fingerprint density at radius 2 is 1.00 bits per heavy atom. The molecular weight excluding hydrogens is 404 g/mol. The molecule has 0 amide bonds. The fourth-order valence-corrected chi connectivity index (χ4v) is 3.16. The third-order valence-electron chi connectivity index (χ3n) is 4.59. The number of quaternary nitrogens is 2. The minimum Gasteiger partial charge on any atom is -1.00 e. The Morgan fingerprint density at radius 1 is 0.682 bits per heavy atom. The normalized spacial score (nSPS) is 28.1. The number of nitrogens with zero attached hydrogens (tertiary/aromatic N) is 2. The molecule has 0 aromatic heterocycles. The van der Waals surface area contributed by atoms with Crippen molar-refractivity contribution in [3.63, 3.8) is 0 Å². The second kappa shape index (κ2) is 12.3. The standard InChI is InChI=1S/C18H32N2.2BrH/c1-5-9-13-19(11-7-3)15-17-20(12-8-4,18-16-19)14-10-6-2;;/h5-10H,3-4,11-18H2,1-2H3;2*1H/q+2;;/p-2/b9-5+,10-6+;;. The van der Waals surface area contributed by atoms with Gasteiger partial charge in [-0.3, -0.25) is 0 Å². The van der Waals surface area contributed by atoms with Crippen LogP contribution in [-0.2, 0) is 0 Å². The van der Waals surface area contributed by atoms with Gasteiger partial charge in [0.2, 0.25) is 0 Å². The van der Waals surface area contributed by atoms with Gasteiger partial charge in [-0.25, -0.2) is 0 Å². The van der Waals surface area contributed by atoms with E-state index >= 15 is 0 Å². The number of hydrogen-bond acceptors (Lipinski definition) is 0. The molecule has 1 rings (SSSR count). The Bertz CT molecular complexity index is 331. The summed E-state index contributed by atoms with van der Waals surface area (Å²) in [6.07, 6.45) is 13.1. The zero-order valence-corrected chi connectivity index (χ0v) is 17.4. The number of rotatable bonds is 8. The molecule has 1 saturated heterocycles. The Balaban J connectivity index is 0. The van der Waals surface area contributed by atoms with Crippen molar-refractivity contribution in [2.45, 2.75) is 13.8 Å². The van der Waals surface area contributed by atoms with Crippen LogP contribution in [0, 0.1) is 0 Å². The quantitative estimate of drug-likeness (QED) is 0.285. The van der Waals surface area contributed by atoms with Crippen molar-refractivity contribution in [2.24, 2.45) is 0 Å². The maximum atomic E-state index is 3.96. The fourth-order valence-electron chi connectivity index (χ4n) is 3.16. The van der Waals surface area contributed by atoms with E-state index in [2.05, 4.69) is 63.5 Å². The van der Waals surface area contributed by atoms with Crippen LogP contribution in [0.1, 0.15) is 13.8 Å². The van der Waals surface area contributed by atoms with E-state index in [0.29, 0.717) is 0 Å². The summed E-state index contributed by atoms with van der Waals surface area (Å²) in [5, 5.41) is 0. The van der Waals surface area contributed by atoms with E-state index in [1.165, 1.54) is 35.1 Å². The highest BCUT2D eigenvalue weighted by atomic mass is 79.9. The van der Waals surface area contributed by atoms with Gasteiger partial charge in [-0.1, -0.05) is 25.3 Å². The van der Waals surface area contributed by atoms with Crippen molar-refractivity contribution >= 4 is 0 Å². The average Bonchev–Trinajstić information content (AvgIpc) is 2.47. The number of piperazine rings is 1. The molecule has 22 heavy (non-hydrogen) atoms. The molecule has 0 aromatic rings. The largest absolute Gasteiger partial charge is 1.00 e. The molecule has 0 spiro atoms. The van der Waals surface area contributed by atoms with Gasteiger partial charge in [0.05, 0.1) is 26.2 Å². The van der Waals surface area contributed by atoms with Crippen molar-refractivity contribution in [3.05, 3.63) is 49.6 Å². The summed E-state index contributed by atoms with van der Waals surface area (Å²) in [6, 6.07) is 0. The summed E-state index contributed by atoms with van der Waals surface area (Å²) in [6.45, 7) is 21.5.